The molecule has 3 heteroatoms. The first kappa shape index (κ1) is 13.1. The van der Waals surface area contributed by atoms with E-state index in [1.165, 1.54) is 12.5 Å². The topological polar surface area (TPSA) is 46.3 Å². The first-order valence-electron chi connectivity index (χ1n) is 6.20. The number of nitrogen functional groups attached to an aromatic ring is 1. The Kier molecular flexibility index (Phi) is 3.56. The molecule has 0 aliphatic heterocycles. The summed E-state index contributed by atoms with van der Waals surface area (Å²) in [6.45, 7) is 3.59. The van der Waals surface area contributed by atoms with E-state index in [4.69, 9.17) is 5.73 Å². The van der Waals surface area contributed by atoms with Crippen LogP contribution in [0.1, 0.15) is 22.8 Å². The van der Waals surface area contributed by atoms with Gasteiger partial charge in [-0.05, 0) is 44.2 Å². The van der Waals surface area contributed by atoms with Crippen molar-refractivity contribution < 1.29 is 4.79 Å². The number of hydrogen-bond donors (Lipinski definition) is 1. The van der Waals surface area contributed by atoms with Gasteiger partial charge in [0, 0.05) is 29.7 Å². The maximum Gasteiger partial charge on any atom is 0.161 e. The number of nitrogens with zero attached hydrogens (tertiary/aromatic N) is 1. The van der Waals surface area contributed by atoms with E-state index < -0.39 is 0 Å². The Morgan fingerprint density at radius 3 is 2.21 bits per heavy atom. The Bertz CT molecular complexity index is 603. The summed E-state index contributed by atoms with van der Waals surface area (Å²) in [5, 5.41) is 0. The first-order valence-corrected chi connectivity index (χ1v) is 6.20. The van der Waals surface area contributed by atoms with Gasteiger partial charge in [0.2, 0.25) is 0 Å². The second kappa shape index (κ2) is 5.14. The summed E-state index contributed by atoms with van der Waals surface area (Å²) < 4.78 is 0. The highest BCUT2D eigenvalue weighted by atomic mass is 16.1. The number of rotatable bonds is 3. The van der Waals surface area contributed by atoms with Crippen molar-refractivity contribution in [3.8, 4) is 0 Å². The predicted octanol–water partition coefficient (Wildman–Crippen LogP) is 3.55. The molecule has 0 spiro atoms. The van der Waals surface area contributed by atoms with E-state index in [1.54, 1.807) is 6.07 Å². The van der Waals surface area contributed by atoms with Gasteiger partial charge in [-0.15, -0.1) is 0 Å². The highest BCUT2D eigenvalue weighted by molar-refractivity contribution is 6.00. The molecule has 0 saturated heterocycles. The average Bonchev–Trinajstić information content (AvgIpc) is 2.39. The molecule has 19 heavy (non-hydrogen) atoms. The largest absolute Gasteiger partial charge is 0.398 e. The van der Waals surface area contributed by atoms with Crippen LogP contribution < -0.4 is 10.6 Å². The van der Waals surface area contributed by atoms with E-state index in [0.29, 0.717) is 11.3 Å². The molecule has 2 aromatic rings. The summed E-state index contributed by atoms with van der Waals surface area (Å²) in [6, 6.07) is 13.8. The number of benzene rings is 2. The van der Waals surface area contributed by atoms with Gasteiger partial charge in [-0.3, -0.25) is 4.79 Å². The molecule has 98 valence electrons. The minimum Gasteiger partial charge on any atom is -0.398 e. The lowest BCUT2D eigenvalue weighted by molar-refractivity contribution is 0.101. The average molecular weight is 254 g/mol. The van der Waals surface area contributed by atoms with Crippen molar-refractivity contribution in [1.29, 1.82) is 0 Å². The van der Waals surface area contributed by atoms with Gasteiger partial charge in [-0.25, -0.2) is 0 Å². The minimum absolute atomic E-state index is 0.0170. The van der Waals surface area contributed by atoms with E-state index in [9.17, 15) is 4.79 Å². The molecular weight excluding hydrogens is 236 g/mol. The monoisotopic (exact) mass is 254 g/mol. The maximum absolute atomic E-state index is 11.5. The molecule has 0 saturated carbocycles. The number of ketones is 1. The second-order valence-electron chi connectivity index (χ2n) is 4.72. The third-order valence-electron chi connectivity index (χ3n) is 3.22. The number of nitrogens with two attached hydrogens (primary N) is 1. The Morgan fingerprint density at radius 1 is 1.05 bits per heavy atom. The van der Waals surface area contributed by atoms with E-state index in [1.807, 2.05) is 24.1 Å². The van der Waals surface area contributed by atoms with Crippen LogP contribution in [0.4, 0.5) is 17.1 Å². The number of carbonyl (C=O) groups excluding carboxylic acids is 1. The summed E-state index contributed by atoms with van der Waals surface area (Å²) >= 11 is 0. The van der Waals surface area contributed by atoms with Crippen LogP contribution in [0.15, 0.2) is 42.5 Å². The van der Waals surface area contributed by atoms with Crippen LogP contribution in [0, 0.1) is 6.92 Å². The number of carbonyl (C=O) groups is 1. The smallest absolute Gasteiger partial charge is 0.161 e. The van der Waals surface area contributed by atoms with Crippen LogP contribution in [0.2, 0.25) is 0 Å². The minimum atomic E-state index is -0.0170. The van der Waals surface area contributed by atoms with Crippen LogP contribution in [-0.2, 0) is 0 Å². The molecule has 0 amide bonds. The zero-order chi connectivity index (χ0) is 14.0. The molecular formula is C16H18N2O. The third kappa shape index (κ3) is 2.76. The SMILES string of the molecule is CC(=O)c1cc(N(C)c2ccc(C)cc2)ccc1N. The summed E-state index contributed by atoms with van der Waals surface area (Å²) in [6.07, 6.45) is 0. The van der Waals surface area contributed by atoms with Gasteiger partial charge in [0.25, 0.3) is 0 Å². The van der Waals surface area contributed by atoms with Crippen molar-refractivity contribution in [3.05, 3.63) is 53.6 Å². The predicted molar refractivity (Wildman–Crippen MR) is 80.1 cm³/mol. The standard InChI is InChI=1S/C16H18N2O/c1-11-4-6-13(7-5-11)18(3)14-8-9-16(17)15(10-14)12(2)19/h4-10H,17H2,1-3H3. The molecule has 0 atom stereocenters. The van der Waals surface area contributed by atoms with E-state index >= 15 is 0 Å². The van der Waals surface area contributed by atoms with Gasteiger partial charge in [0.05, 0.1) is 0 Å². The maximum atomic E-state index is 11.5. The molecule has 0 aliphatic carbocycles. The Morgan fingerprint density at radius 2 is 1.63 bits per heavy atom. The van der Waals surface area contributed by atoms with E-state index in [0.717, 1.165) is 11.4 Å². The van der Waals surface area contributed by atoms with Crippen LogP contribution in [0.5, 0.6) is 0 Å². The van der Waals surface area contributed by atoms with Crippen molar-refractivity contribution in [2.75, 3.05) is 17.7 Å². The van der Waals surface area contributed by atoms with Crippen LogP contribution >= 0.6 is 0 Å². The van der Waals surface area contributed by atoms with Crippen molar-refractivity contribution in [1.82, 2.24) is 0 Å². The molecule has 0 radical (unpaired) electrons. The van der Waals surface area contributed by atoms with Gasteiger partial charge in [-0.1, -0.05) is 17.7 Å². The summed E-state index contributed by atoms with van der Waals surface area (Å²) in [7, 11) is 1.97. The van der Waals surface area contributed by atoms with Gasteiger partial charge in [-0.2, -0.15) is 0 Å². The van der Waals surface area contributed by atoms with Gasteiger partial charge in [0.1, 0.15) is 0 Å². The summed E-state index contributed by atoms with van der Waals surface area (Å²) in [5.41, 5.74) is 10.1. The second-order valence-corrected chi connectivity index (χ2v) is 4.72. The zero-order valence-electron chi connectivity index (χ0n) is 11.5. The third-order valence-corrected chi connectivity index (χ3v) is 3.22. The number of anilines is 3. The van der Waals surface area contributed by atoms with Crippen molar-refractivity contribution in [2.45, 2.75) is 13.8 Å². The lowest BCUT2D eigenvalue weighted by Crippen LogP contribution is -2.11. The fraction of sp³-hybridized carbons (Fsp3) is 0.188. The van der Waals surface area contributed by atoms with Crippen molar-refractivity contribution >= 4 is 22.8 Å². The van der Waals surface area contributed by atoms with Crippen molar-refractivity contribution in [3.63, 3.8) is 0 Å². The Labute approximate surface area is 113 Å². The van der Waals surface area contributed by atoms with Crippen LogP contribution in [0.25, 0.3) is 0 Å². The van der Waals surface area contributed by atoms with Crippen LogP contribution in [0.3, 0.4) is 0 Å². The highest BCUT2D eigenvalue weighted by Gasteiger charge is 2.09. The number of Topliss-reactive ketones (excluding diaryl/α,β-unsaturated/α-hetero) is 1. The highest BCUT2D eigenvalue weighted by Crippen LogP contribution is 2.27. The van der Waals surface area contributed by atoms with Crippen molar-refractivity contribution in [2.24, 2.45) is 0 Å². The molecule has 2 rings (SSSR count). The normalized spacial score (nSPS) is 10.3. The molecule has 2 aromatic carbocycles. The lowest BCUT2D eigenvalue weighted by atomic mass is 10.1. The lowest BCUT2D eigenvalue weighted by Gasteiger charge is -2.20. The fourth-order valence-corrected chi connectivity index (χ4v) is 1.98. The Balaban J connectivity index is 2.38. The van der Waals surface area contributed by atoms with E-state index in [2.05, 4.69) is 31.2 Å². The molecule has 0 bridgehead atoms. The number of aryl methyl sites for hydroxylation is 1. The summed E-state index contributed by atoms with van der Waals surface area (Å²) in [5.74, 6) is -0.0170. The molecule has 0 fully saturated rings. The zero-order valence-corrected chi connectivity index (χ0v) is 11.5. The van der Waals surface area contributed by atoms with Gasteiger partial charge < -0.3 is 10.6 Å². The molecule has 3 nitrogen and oxygen atoms in total. The quantitative estimate of drug-likeness (QED) is 0.673. The fourth-order valence-electron chi connectivity index (χ4n) is 1.98. The molecule has 2 N–H and O–H groups in total. The van der Waals surface area contributed by atoms with Crippen LogP contribution in [-0.4, -0.2) is 12.8 Å². The summed E-state index contributed by atoms with van der Waals surface area (Å²) in [4.78, 5) is 13.6. The molecule has 0 unspecified atom stereocenters. The Hall–Kier alpha value is -2.29. The first-order chi connectivity index (χ1) is 8.99. The molecule has 0 aromatic heterocycles. The van der Waals surface area contributed by atoms with Gasteiger partial charge >= 0.3 is 0 Å². The molecule has 0 aliphatic rings. The van der Waals surface area contributed by atoms with Gasteiger partial charge in [0.15, 0.2) is 5.78 Å². The van der Waals surface area contributed by atoms with E-state index in [-0.39, 0.29) is 5.78 Å². The number of hydrogen-bond acceptors (Lipinski definition) is 3. The molecule has 0 heterocycles.